The predicted octanol–water partition coefficient (Wildman–Crippen LogP) is 2.86. The van der Waals surface area contributed by atoms with Crippen LogP contribution in [-0.2, 0) is 0 Å². The fraction of sp³-hybridized carbons (Fsp3) is 0. The lowest BCUT2D eigenvalue weighted by Gasteiger charge is -2.06. The summed E-state index contributed by atoms with van der Waals surface area (Å²) in [6, 6.07) is 9.53. The van der Waals surface area contributed by atoms with Gasteiger partial charge in [0.25, 0.3) is 0 Å². The summed E-state index contributed by atoms with van der Waals surface area (Å²) in [7, 11) is 0. The molecule has 0 saturated carbocycles. The quantitative estimate of drug-likeness (QED) is 0.789. The lowest BCUT2D eigenvalue weighted by atomic mass is 10.1. The second kappa shape index (κ2) is 4.47. The van der Waals surface area contributed by atoms with Gasteiger partial charge in [0.15, 0.2) is 5.69 Å². The first-order valence-electron chi connectivity index (χ1n) is 5.49. The third-order valence-electron chi connectivity index (χ3n) is 2.74. The van der Waals surface area contributed by atoms with Crippen molar-refractivity contribution >= 4 is 27.7 Å². The average molecular weight is 318 g/mol. The van der Waals surface area contributed by atoms with Gasteiger partial charge in [-0.05, 0) is 12.1 Å². The SMILES string of the molecule is O=C(O)c1cn2c(-c3ccccc3Br)ccnc2n1. The molecule has 0 spiro atoms. The van der Waals surface area contributed by atoms with Crippen LogP contribution in [0, 0.1) is 0 Å². The third kappa shape index (κ3) is 2.00. The number of aromatic carboxylic acids is 1. The summed E-state index contributed by atoms with van der Waals surface area (Å²) in [5.41, 5.74) is 1.76. The smallest absolute Gasteiger partial charge is 0.356 e. The van der Waals surface area contributed by atoms with Crippen LogP contribution in [0.3, 0.4) is 0 Å². The average Bonchev–Trinajstić information content (AvgIpc) is 2.83. The van der Waals surface area contributed by atoms with E-state index >= 15 is 0 Å². The van der Waals surface area contributed by atoms with Crippen LogP contribution in [0.4, 0.5) is 0 Å². The molecule has 19 heavy (non-hydrogen) atoms. The van der Waals surface area contributed by atoms with Crippen molar-refractivity contribution in [1.82, 2.24) is 14.4 Å². The zero-order valence-electron chi connectivity index (χ0n) is 9.62. The Hall–Kier alpha value is -2.21. The summed E-state index contributed by atoms with van der Waals surface area (Å²) in [6.07, 6.45) is 3.09. The summed E-state index contributed by atoms with van der Waals surface area (Å²) in [5, 5.41) is 8.99. The topological polar surface area (TPSA) is 67.5 Å². The Morgan fingerprint density at radius 1 is 1.26 bits per heavy atom. The van der Waals surface area contributed by atoms with Crippen molar-refractivity contribution in [2.75, 3.05) is 0 Å². The Bertz CT molecular complexity index is 782. The van der Waals surface area contributed by atoms with Gasteiger partial charge in [-0.3, -0.25) is 4.40 Å². The van der Waals surface area contributed by atoms with E-state index in [-0.39, 0.29) is 5.69 Å². The molecule has 0 aliphatic rings. The molecule has 3 aromatic rings. The predicted molar refractivity (Wildman–Crippen MR) is 73.1 cm³/mol. The molecule has 1 aromatic carbocycles. The minimum Gasteiger partial charge on any atom is -0.476 e. The summed E-state index contributed by atoms with van der Waals surface area (Å²) < 4.78 is 2.59. The van der Waals surface area contributed by atoms with E-state index in [1.54, 1.807) is 10.6 Å². The Morgan fingerprint density at radius 3 is 2.79 bits per heavy atom. The fourth-order valence-corrected chi connectivity index (χ4v) is 2.37. The van der Waals surface area contributed by atoms with Crippen LogP contribution in [0.25, 0.3) is 17.0 Å². The minimum atomic E-state index is -1.07. The van der Waals surface area contributed by atoms with Gasteiger partial charge in [0.2, 0.25) is 5.78 Å². The second-order valence-electron chi connectivity index (χ2n) is 3.91. The maximum absolute atomic E-state index is 11.0. The monoisotopic (exact) mass is 317 g/mol. The number of halogens is 1. The maximum Gasteiger partial charge on any atom is 0.356 e. The first-order chi connectivity index (χ1) is 9.16. The zero-order chi connectivity index (χ0) is 13.4. The van der Waals surface area contributed by atoms with Crippen LogP contribution in [0.15, 0.2) is 47.2 Å². The van der Waals surface area contributed by atoms with Crippen LogP contribution in [-0.4, -0.2) is 25.4 Å². The van der Waals surface area contributed by atoms with Crippen molar-refractivity contribution in [3.8, 4) is 11.3 Å². The van der Waals surface area contributed by atoms with E-state index in [0.717, 1.165) is 15.7 Å². The van der Waals surface area contributed by atoms with E-state index in [0.29, 0.717) is 5.78 Å². The minimum absolute atomic E-state index is 0.0213. The number of nitrogens with zero attached hydrogens (tertiary/aromatic N) is 3. The van der Waals surface area contributed by atoms with Gasteiger partial charge < -0.3 is 5.11 Å². The molecule has 94 valence electrons. The van der Waals surface area contributed by atoms with Gasteiger partial charge in [0.1, 0.15) is 0 Å². The number of fused-ring (bicyclic) bond motifs is 1. The highest BCUT2D eigenvalue weighted by atomic mass is 79.9. The lowest BCUT2D eigenvalue weighted by Crippen LogP contribution is -1.95. The van der Waals surface area contributed by atoms with Gasteiger partial charge in [-0.1, -0.05) is 34.1 Å². The molecule has 0 saturated heterocycles. The summed E-state index contributed by atoms with van der Waals surface area (Å²) in [6.45, 7) is 0. The molecule has 0 amide bonds. The molecule has 0 aliphatic carbocycles. The molecular weight excluding hydrogens is 310 g/mol. The molecule has 0 bridgehead atoms. The van der Waals surface area contributed by atoms with Crippen molar-refractivity contribution in [3.63, 3.8) is 0 Å². The highest BCUT2D eigenvalue weighted by Gasteiger charge is 2.13. The Balaban J connectivity index is 2.30. The number of hydrogen-bond donors (Lipinski definition) is 1. The van der Waals surface area contributed by atoms with Crippen LogP contribution >= 0.6 is 15.9 Å². The molecule has 2 aromatic heterocycles. The Kier molecular flexibility index (Phi) is 2.79. The van der Waals surface area contributed by atoms with Gasteiger partial charge >= 0.3 is 5.97 Å². The largest absolute Gasteiger partial charge is 0.476 e. The van der Waals surface area contributed by atoms with Crippen molar-refractivity contribution in [2.45, 2.75) is 0 Å². The molecule has 6 heteroatoms. The number of carboxylic acid groups (broad SMARTS) is 1. The van der Waals surface area contributed by atoms with Crippen molar-refractivity contribution < 1.29 is 9.90 Å². The number of hydrogen-bond acceptors (Lipinski definition) is 3. The Labute approximate surface area is 116 Å². The maximum atomic E-state index is 11.0. The highest BCUT2D eigenvalue weighted by molar-refractivity contribution is 9.10. The normalized spacial score (nSPS) is 10.8. The number of rotatable bonds is 2. The van der Waals surface area contributed by atoms with E-state index in [2.05, 4.69) is 25.9 Å². The lowest BCUT2D eigenvalue weighted by molar-refractivity contribution is 0.0691. The molecule has 1 N–H and O–H groups in total. The van der Waals surface area contributed by atoms with Crippen molar-refractivity contribution in [2.24, 2.45) is 0 Å². The second-order valence-corrected chi connectivity index (χ2v) is 4.77. The first-order valence-corrected chi connectivity index (χ1v) is 6.28. The number of aromatic nitrogens is 3. The van der Waals surface area contributed by atoms with Crippen molar-refractivity contribution in [1.29, 1.82) is 0 Å². The van der Waals surface area contributed by atoms with E-state index in [4.69, 9.17) is 5.11 Å². The van der Waals surface area contributed by atoms with E-state index in [9.17, 15) is 4.79 Å². The first kappa shape index (κ1) is 11.9. The molecule has 0 radical (unpaired) electrons. The molecule has 0 fully saturated rings. The number of carbonyl (C=O) groups is 1. The van der Waals surface area contributed by atoms with Gasteiger partial charge in [-0.15, -0.1) is 0 Å². The standard InChI is InChI=1S/C13H8BrN3O2/c14-9-4-2-1-3-8(9)11-5-6-15-13-16-10(12(18)19)7-17(11)13/h1-7H,(H,18,19). The number of carboxylic acids is 1. The number of imidazole rings is 1. The molecule has 0 atom stereocenters. The van der Waals surface area contributed by atoms with E-state index in [1.807, 2.05) is 30.3 Å². The van der Waals surface area contributed by atoms with Gasteiger partial charge in [0.05, 0.1) is 5.69 Å². The van der Waals surface area contributed by atoms with E-state index in [1.165, 1.54) is 6.20 Å². The van der Waals surface area contributed by atoms with Gasteiger partial charge in [0, 0.05) is 22.4 Å². The van der Waals surface area contributed by atoms with Crippen molar-refractivity contribution in [3.05, 3.63) is 52.9 Å². The zero-order valence-corrected chi connectivity index (χ0v) is 11.2. The van der Waals surface area contributed by atoms with Crippen LogP contribution < -0.4 is 0 Å². The van der Waals surface area contributed by atoms with Gasteiger partial charge in [-0.2, -0.15) is 0 Å². The third-order valence-corrected chi connectivity index (χ3v) is 3.43. The fourth-order valence-electron chi connectivity index (χ4n) is 1.89. The molecule has 5 nitrogen and oxygen atoms in total. The van der Waals surface area contributed by atoms with Crippen LogP contribution in [0.2, 0.25) is 0 Å². The molecule has 0 unspecified atom stereocenters. The van der Waals surface area contributed by atoms with E-state index < -0.39 is 5.97 Å². The molecule has 0 aliphatic heterocycles. The van der Waals surface area contributed by atoms with Crippen LogP contribution in [0.1, 0.15) is 10.5 Å². The molecule has 2 heterocycles. The summed E-state index contributed by atoms with van der Waals surface area (Å²) >= 11 is 3.48. The molecule has 3 rings (SSSR count). The van der Waals surface area contributed by atoms with Gasteiger partial charge in [-0.25, -0.2) is 14.8 Å². The van der Waals surface area contributed by atoms with Crippen LogP contribution in [0.5, 0.6) is 0 Å². The highest BCUT2D eigenvalue weighted by Crippen LogP contribution is 2.27. The summed E-state index contributed by atoms with van der Waals surface area (Å²) in [5.74, 6) is -0.700. The Morgan fingerprint density at radius 2 is 2.05 bits per heavy atom. The molecular formula is C13H8BrN3O2. The number of benzene rings is 1. The summed E-state index contributed by atoms with van der Waals surface area (Å²) in [4.78, 5) is 19.0.